The number of nitrogens with zero attached hydrogens (tertiary/aromatic N) is 1. The van der Waals surface area contributed by atoms with Crippen molar-refractivity contribution in [2.75, 3.05) is 6.54 Å². The van der Waals surface area contributed by atoms with Crippen LogP contribution < -0.4 is 5.32 Å². The second-order valence-electron chi connectivity index (χ2n) is 7.91. The van der Waals surface area contributed by atoms with Gasteiger partial charge in [-0.05, 0) is 50.9 Å². The average Bonchev–Trinajstić information content (AvgIpc) is 3.19. The van der Waals surface area contributed by atoms with Crippen LogP contribution in [0.1, 0.15) is 56.4 Å². The molecule has 5 rings (SSSR count). The molecule has 4 heterocycles. The number of thioether (sulfide) groups is 1. The molecular weight excluding hydrogens is 316 g/mol. The fourth-order valence-electron chi connectivity index (χ4n) is 5.34. The van der Waals surface area contributed by atoms with Gasteiger partial charge in [-0.1, -0.05) is 18.6 Å². The van der Waals surface area contributed by atoms with Crippen LogP contribution in [0, 0.1) is 11.8 Å². The molecule has 24 heavy (non-hydrogen) atoms. The van der Waals surface area contributed by atoms with Crippen LogP contribution >= 0.6 is 11.8 Å². The molecule has 130 valence electrons. The molecule has 0 aromatic carbocycles. The number of hydrogen-bond donors (Lipinski definition) is 1. The summed E-state index contributed by atoms with van der Waals surface area (Å²) in [7, 11) is 0. The van der Waals surface area contributed by atoms with E-state index in [0.29, 0.717) is 40.5 Å². The van der Waals surface area contributed by atoms with E-state index in [-0.39, 0.29) is 6.23 Å². The highest BCUT2D eigenvalue weighted by molar-refractivity contribution is 8.01. The fraction of sp³-hybridized carbons (Fsp3) is 0.750. The number of hydrogen-bond acceptors (Lipinski definition) is 4. The number of nitrogens with one attached hydrogen (secondary N) is 1. The van der Waals surface area contributed by atoms with Gasteiger partial charge >= 0.3 is 0 Å². The van der Waals surface area contributed by atoms with E-state index in [2.05, 4.69) is 35.1 Å². The van der Waals surface area contributed by atoms with Crippen LogP contribution in [-0.2, 0) is 4.74 Å². The highest BCUT2D eigenvalue weighted by Crippen LogP contribution is 2.51. The Balaban J connectivity index is 1.46. The predicted molar refractivity (Wildman–Crippen MR) is 100 cm³/mol. The number of ether oxygens (including phenoxy) is 1. The van der Waals surface area contributed by atoms with Crippen molar-refractivity contribution >= 4 is 17.5 Å². The van der Waals surface area contributed by atoms with E-state index < -0.39 is 6.85 Å². The summed E-state index contributed by atoms with van der Waals surface area (Å²) in [6, 6.07) is 0.365. The molecular formula is C20H28N2OS. The van der Waals surface area contributed by atoms with E-state index in [0.717, 1.165) is 31.6 Å². The van der Waals surface area contributed by atoms with E-state index in [1.807, 2.05) is 0 Å². The zero-order valence-electron chi connectivity index (χ0n) is 17.3. The molecule has 1 aliphatic carbocycles. The molecule has 2 unspecified atom stereocenters. The molecule has 0 saturated carbocycles. The maximum atomic E-state index is 7.70. The maximum absolute atomic E-state index is 7.70. The third kappa shape index (κ3) is 2.40. The van der Waals surface area contributed by atoms with Crippen molar-refractivity contribution in [3.63, 3.8) is 0 Å². The van der Waals surface area contributed by atoms with Crippen molar-refractivity contribution in [2.24, 2.45) is 16.8 Å². The van der Waals surface area contributed by atoms with Gasteiger partial charge in [-0.3, -0.25) is 4.99 Å². The molecule has 1 N–H and O–H groups in total. The molecule has 4 heteroatoms. The number of allylic oxidation sites excluding steroid dienone is 1. The first-order valence-electron chi connectivity index (χ1n) is 11.0. The van der Waals surface area contributed by atoms with Crippen LogP contribution in [-0.4, -0.2) is 35.0 Å². The molecule has 2 fully saturated rings. The molecule has 4 aliphatic heterocycles. The summed E-state index contributed by atoms with van der Waals surface area (Å²) >= 11 is 2.09. The largest absolute Gasteiger partial charge is 0.472 e. The average molecular weight is 348 g/mol. The fourth-order valence-corrected chi connectivity index (χ4v) is 6.92. The number of aliphatic imine (C=N–C) groups is 1. The Bertz CT molecular complexity index is 729. The van der Waals surface area contributed by atoms with Crippen molar-refractivity contribution in [2.45, 2.75) is 75.1 Å². The summed E-state index contributed by atoms with van der Waals surface area (Å²) in [6.45, 7) is 1.19. The summed E-state index contributed by atoms with van der Waals surface area (Å²) in [5.41, 5.74) is 3.40. The third-order valence-corrected chi connectivity index (χ3v) is 7.89. The Kier molecular flexibility index (Phi) is 3.10. The standard InChI is InChI=1S/C20H28N2OS/c1-11-6-7-15-14-4-3-5-16(18(14)23-20(15)22-11)17-19-13(8-9-21-17)10-12(2)24-19/h8,12,14-15,17,19-21H,3-7,9-10H2,1-2H3/t12-,14-,15?,17-,19-,20?/m0/s1/i1D3. The van der Waals surface area contributed by atoms with Gasteiger partial charge in [0.2, 0.25) is 0 Å². The van der Waals surface area contributed by atoms with Gasteiger partial charge in [0.1, 0.15) is 5.76 Å². The van der Waals surface area contributed by atoms with Crippen molar-refractivity contribution in [3.05, 3.63) is 23.0 Å². The molecule has 3 nitrogen and oxygen atoms in total. The summed E-state index contributed by atoms with van der Waals surface area (Å²) in [4.78, 5) is 4.56. The highest BCUT2D eigenvalue weighted by atomic mass is 32.2. The topological polar surface area (TPSA) is 33.6 Å². The van der Waals surface area contributed by atoms with Gasteiger partial charge in [0.15, 0.2) is 6.23 Å². The lowest BCUT2D eigenvalue weighted by molar-refractivity contribution is 0.128. The van der Waals surface area contributed by atoms with E-state index in [1.165, 1.54) is 18.4 Å². The van der Waals surface area contributed by atoms with Gasteiger partial charge in [0.25, 0.3) is 0 Å². The number of fused-ring (bicyclic) bond motifs is 4. The smallest absolute Gasteiger partial charge is 0.192 e. The van der Waals surface area contributed by atoms with Crippen LogP contribution in [0.15, 0.2) is 28.0 Å². The molecule has 0 amide bonds. The van der Waals surface area contributed by atoms with Crippen LogP contribution in [0.4, 0.5) is 0 Å². The molecule has 0 spiro atoms. The van der Waals surface area contributed by atoms with E-state index in [1.54, 1.807) is 5.57 Å². The Hall–Kier alpha value is -0.740. The van der Waals surface area contributed by atoms with Gasteiger partial charge in [-0.25, -0.2) is 0 Å². The Morgan fingerprint density at radius 3 is 3.25 bits per heavy atom. The molecule has 6 atom stereocenters. The first-order chi connectivity index (χ1) is 12.9. The summed E-state index contributed by atoms with van der Waals surface area (Å²) in [6.07, 6.45) is 8.24. The van der Waals surface area contributed by atoms with Gasteiger partial charge in [-0.2, -0.15) is 0 Å². The molecule has 2 saturated heterocycles. The zero-order valence-corrected chi connectivity index (χ0v) is 15.1. The summed E-state index contributed by atoms with van der Waals surface area (Å²) in [5.74, 6) is 1.95. The Morgan fingerprint density at radius 2 is 2.33 bits per heavy atom. The number of rotatable bonds is 1. The normalized spacial score (nSPS) is 46.6. The lowest BCUT2D eigenvalue weighted by Gasteiger charge is -2.35. The SMILES string of the molecule is [2H]C([2H])([2H])C1=NC2OC3=C([C@@H]4NCC=C5C[C@H](C)S[C@@H]54)CCC[C@H]3C2CC1. The highest BCUT2D eigenvalue weighted by Gasteiger charge is 2.48. The maximum Gasteiger partial charge on any atom is 0.192 e. The molecule has 0 aromatic rings. The quantitative estimate of drug-likeness (QED) is 0.726. The van der Waals surface area contributed by atoms with E-state index in [9.17, 15) is 0 Å². The van der Waals surface area contributed by atoms with Crippen LogP contribution in [0.5, 0.6) is 0 Å². The lowest BCUT2D eigenvalue weighted by Crippen LogP contribution is -2.44. The lowest BCUT2D eigenvalue weighted by atomic mass is 9.76. The van der Waals surface area contributed by atoms with Gasteiger partial charge < -0.3 is 10.1 Å². The van der Waals surface area contributed by atoms with Crippen molar-refractivity contribution in [3.8, 4) is 0 Å². The molecule has 0 radical (unpaired) electrons. The summed E-state index contributed by atoms with van der Waals surface area (Å²) < 4.78 is 29.5. The van der Waals surface area contributed by atoms with E-state index >= 15 is 0 Å². The van der Waals surface area contributed by atoms with Gasteiger partial charge in [0.05, 0.1) is 0 Å². The Labute approximate surface area is 153 Å². The molecule has 0 bridgehead atoms. The van der Waals surface area contributed by atoms with Crippen LogP contribution in [0.2, 0.25) is 0 Å². The monoisotopic (exact) mass is 347 g/mol. The van der Waals surface area contributed by atoms with Crippen LogP contribution in [0.3, 0.4) is 0 Å². The minimum absolute atomic E-state index is 0.281. The Morgan fingerprint density at radius 1 is 1.38 bits per heavy atom. The van der Waals surface area contributed by atoms with Crippen LogP contribution in [0.25, 0.3) is 0 Å². The van der Waals surface area contributed by atoms with Gasteiger partial charge in [0, 0.05) is 44.7 Å². The molecule has 0 aromatic heterocycles. The summed E-state index contributed by atoms with van der Waals surface area (Å²) in [5, 5.41) is 4.96. The zero-order chi connectivity index (χ0) is 18.8. The minimum atomic E-state index is -2.08. The second kappa shape index (κ2) is 5.91. The van der Waals surface area contributed by atoms with Crippen molar-refractivity contribution in [1.82, 2.24) is 5.32 Å². The third-order valence-electron chi connectivity index (χ3n) is 6.39. The first-order valence-corrected chi connectivity index (χ1v) is 10.4. The molecule has 5 aliphatic rings. The minimum Gasteiger partial charge on any atom is -0.472 e. The predicted octanol–water partition coefficient (Wildman–Crippen LogP) is 4.06. The second-order valence-corrected chi connectivity index (χ2v) is 9.50. The van der Waals surface area contributed by atoms with E-state index in [4.69, 9.17) is 8.85 Å². The van der Waals surface area contributed by atoms with Crippen molar-refractivity contribution < 1.29 is 8.85 Å². The first kappa shape index (κ1) is 12.6. The van der Waals surface area contributed by atoms with Crippen molar-refractivity contribution in [1.29, 1.82) is 0 Å². The van der Waals surface area contributed by atoms with Gasteiger partial charge in [-0.15, -0.1) is 11.8 Å².